The van der Waals surface area contributed by atoms with Gasteiger partial charge in [0.05, 0.1) is 0 Å². The van der Waals surface area contributed by atoms with Crippen molar-refractivity contribution >= 4 is 8.32 Å². The van der Waals surface area contributed by atoms with Crippen molar-refractivity contribution in [2.75, 3.05) is 0 Å². The van der Waals surface area contributed by atoms with Gasteiger partial charge in [-0.05, 0) is 30.5 Å². The van der Waals surface area contributed by atoms with Gasteiger partial charge in [-0.2, -0.15) is 0 Å². The molecule has 0 aliphatic carbocycles. The zero-order valence-corrected chi connectivity index (χ0v) is 14.3. The average Bonchev–Trinajstić information content (AvgIpc) is 2.32. The van der Waals surface area contributed by atoms with E-state index in [0.717, 1.165) is 16.6 Å². The van der Waals surface area contributed by atoms with Crippen LogP contribution in [0, 0.1) is 0 Å². The Hall–Kier alpha value is 0.177. The number of hydrogen-bond acceptors (Lipinski definition) is 1. The fourth-order valence-corrected chi connectivity index (χ4v) is 9.51. The summed E-state index contributed by atoms with van der Waals surface area (Å²) in [6.07, 6.45) is 4.15. The van der Waals surface area contributed by atoms with Crippen molar-refractivity contribution < 1.29 is 4.43 Å². The van der Waals surface area contributed by atoms with Gasteiger partial charge in [-0.3, -0.25) is 0 Å². The Balaban J connectivity index is 5.34. The van der Waals surface area contributed by atoms with Crippen LogP contribution in [0.15, 0.2) is 0 Å². The molecule has 0 aliphatic heterocycles. The summed E-state index contributed by atoms with van der Waals surface area (Å²) < 4.78 is 6.63. The van der Waals surface area contributed by atoms with Gasteiger partial charge in [0.25, 0.3) is 0 Å². The lowest BCUT2D eigenvalue weighted by atomic mass is 10.3. The van der Waals surface area contributed by atoms with E-state index in [0.29, 0.717) is 6.10 Å². The van der Waals surface area contributed by atoms with E-state index in [1.165, 1.54) is 19.3 Å². The lowest BCUT2D eigenvalue weighted by molar-refractivity contribution is 0.204. The van der Waals surface area contributed by atoms with E-state index in [1.54, 1.807) is 0 Å². The van der Waals surface area contributed by atoms with Gasteiger partial charge in [0, 0.05) is 6.10 Å². The van der Waals surface area contributed by atoms with Gasteiger partial charge >= 0.3 is 0 Å². The fraction of sp³-hybridized carbons (Fsp3) is 1.00. The first-order chi connectivity index (χ1) is 7.86. The van der Waals surface area contributed by atoms with Crippen LogP contribution in [-0.4, -0.2) is 14.4 Å². The topological polar surface area (TPSA) is 9.23 Å². The number of hydrogen-bond donors (Lipinski definition) is 0. The third-order valence-electron chi connectivity index (χ3n) is 4.59. The Kier molecular flexibility index (Phi) is 7.66. The molecule has 0 saturated heterocycles. The van der Waals surface area contributed by atoms with Crippen LogP contribution in [0.3, 0.4) is 0 Å². The summed E-state index contributed by atoms with van der Waals surface area (Å²) in [6, 6.07) is 0. The second kappa shape index (κ2) is 7.58. The van der Waals surface area contributed by atoms with Crippen LogP contribution < -0.4 is 0 Å². The van der Waals surface area contributed by atoms with Crippen LogP contribution in [0.4, 0.5) is 0 Å². The highest BCUT2D eigenvalue weighted by atomic mass is 28.4. The minimum Gasteiger partial charge on any atom is -0.414 e. The van der Waals surface area contributed by atoms with Gasteiger partial charge in [0.15, 0.2) is 0 Å². The average molecular weight is 259 g/mol. The smallest absolute Gasteiger partial charge is 0.201 e. The van der Waals surface area contributed by atoms with Crippen LogP contribution in [0.25, 0.3) is 0 Å². The molecule has 0 fully saturated rings. The van der Waals surface area contributed by atoms with Crippen LogP contribution in [0.5, 0.6) is 0 Å². The first kappa shape index (κ1) is 17.2. The van der Waals surface area contributed by atoms with Crippen LogP contribution in [0.2, 0.25) is 16.6 Å². The third-order valence-corrected chi connectivity index (χ3v) is 11.3. The Bertz CT molecular complexity index is 177. The highest BCUT2D eigenvalue weighted by molar-refractivity contribution is 6.78. The zero-order valence-electron chi connectivity index (χ0n) is 13.3. The quantitative estimate of drug-likeness (QED) is 0.503. The Morgan fingerprint density at radius 2 is 1.00 bits per heavy atom. The molecule has 1 nitrogen and oxygen atoms in total. The van der Waals surface area contributed by atoms with E-state index in [4.69, 9.17) is 4.43 Å². The maximum atomic E-state index is 6.63. The minimum atomic E-state index is -1.67. The van der Waals surface area contributed by atoms with Crippen molar-refractivity contribution in [2.24, 2.45) is 0 Å². The fourth-order valence-electron chi connectivity index (χ4n) is 3.17. The summed E-state index contributed by atoms with van der Waals surface area (Å²) in [5, 5.41) is 0. The summed E-state index contributed by atoms with van der Waals surface area (Å²) in [5.41, 5.74) is 2.28. The predicted molar refractivity (Wildman–Crippen MR) is 81.1 cm³/mol. The van der Waals surface area contributed by atoms with Crippen molar-refractivity contribution in [3.8, 4) is 0 Å². The predicted octanol–water partition coefficient (Wildman–Crippen LogP) is 5.76. The van der Waals surface area contributed by atoms with Gasteiger partial charge < -0.3 is 4.43 Å². The maximum Gasteiger partial charge on any atom is 0.201 e. The summed E-state index contributed by atoms with van der Waals surface area (Å²) in [5.74, 6) is 0. The summed E-state index contributed by atoms with van der Waals surface area (Å²) in [7, 11) is -1.67. The van der Waals surface area contributed by atoms with E-state index < -0.39 is 8.32 Å². The molecule has 0 aromatic heterocycles. The Morgan fingerprint density at radius 1 is 0.706 bits per heavy atom. The van der Waals surface area contributed by atoms with Gasteiger partial charge in [-0.25, -0.2) is 0 Å². The van der Waals surface area contributed by atoms with E-state index >= 15 is 0 Å². The summed E-state index contributed by atoms with van der Waals surface area (Å²) >= 11 is 0. The molecule has 3 unspecified atom stereocenters. The van der Waals surface area contributed by atoms with E-state index in [2.05, 4.69) is 55.4 Å². The summed E-state index contributed by atoms with van der Waals surface area (Å²) in [4.78, 5) is 0. The van der Waals surface area contributed by atoms with Crippen molar-refractivity contribution in [3.63, 3.8) is 0 Å². The zero-order chi connectivity index (χ0) is 13.6. The molecule has 0 radical (unpaired) electrons. The molecular weight excluding hydrogens is 224 g/mol. The monoisotopic (exact) mass is 258 g/mol. The maximum absolute atomic E-state index is 6.63. The van der Waals surface area contributed by atoms with E-state index in [9.17, 15) is 0 Å². The second-order valence-corrected chi connectivity index (χ2v) is 10.8. The van der Waals surface area contributed by atoms with Crippen molar-refractivity contribution in [1.29, 1.82) is 0 Å². The number of rotatable bonds is 8. The van der Waals surface area contributed by atoms with Gasteiger partial charge in [0.1, 0.15) is 0 Å². The third kappa shape index (κ3) is 3.82. The van der Waals surface area contributed by atoms with Gasteiger partial charge in [-0.15, -0.1) is 0 Å². The van der Waals surface area contributed by atoms with Crippen LogP contribution >= 0.6 is 0 Å². The molecule has 0 bridgehead atoms. The lowest BCUT2D eigenvalue weighted by Gasteiger charge is -2.46. The lowest BCUT2D eigenvalue weighted by Crippen LogP contribution is -2.51. The van der Waals surface area contributed by atoms with Gasteiger partial charge in [-0.1, -0.05) is 60.8 Å². The SMILES string of the molecule is CCC(C)[Si](OC(C)C)(C(C)CC)C(C)CC. The molecule has 0 saturated carbocycles. The molecule has 17 heavy (non-hydrogen) atoms. The molecular formula is C15H34OSi. The minimum absolute atomic E-state index is 0.374. The first-order valence-corrected chi connectivity index (χ1v) is 9.68. The molecule has 0 spiro atoms. The molecule has 104 valence electrons. The van der Waals surface area contributed by atoms with E-state index in [-0.39, 0.29) is 0 Å². The summed E-state index contributed by atoms with van der Waals surface area (Å²) in [6.45, 7) is 18.6. The van der Waals surface area contributed by atoms with Crippen molar-refractivity contribution in [3.05, 3.63) is 0 Å². The highest BCUT2D eigenvalue weighted by Gasteiger charge is 2.48. The largest absolute Gasteiger partial charge is 0.414 e. The molecule has 0 N–H and O–H groups in total. The normalized spacial score (nSPS) is 21.0. The van der Waals surface area contributed by atoms with Crippen molar-refractivity contribution in [1.82, 2.24) is 0 Å². The molecule has 3 atom stereocenters. The van der Waals surface area contributed by atoms with E-state index in [1.807, 2.05) is 0 Å². The van der Waals surface area contributed by atoms with Crippen molar-refractivity contribution in [2.45, 2.75) is 97.4 Å². The molecule has 0 amide bonds. The molecule has 2 heteroatoms. The molecule has 0 aromatic carbocycles. The Morgan fingerprint density at radius 3 is 1.18 bits per heavy atom. The highest BCUT2D eigenvalue weighted by Crippen LogP contribution is 2.47. The first-order valence-electron chi connectivity index (χ1n) is 7.54. The van der Waals surface area contributed by atoms with Crippen LogP contribution in [-0.2, 0) is 4.43 Å². The van der Waals surface area contributed by atoms with Gasteiger partial charge in [0.2, 0.25) is 8.32 Å². The molecule has 0 aromatic rings. The standard InChI is InChI=1S/C15H34OSi/c1-9-13(6)17(14(7)10-2,15(8)11-3)16-12(4)5/h12-15H,9-11H2,1-8H3. The second-order valence-electron chi connectivity index (χ2n) is 5.95. The van der Waals surface area contributed by atoms with Crippen LogP contribution in [0.1, 0.15) is 74.7 Å². The Labute approximate surface area is 110 Å². The molecule has 0 heterocycles. The molecule has 0 aliphatic rings. The molecule has 0 rings (SSSR count).